The number of carbonyl (C=O) groups is 1. The lowest BCUT2D eigenvalue weighted by atomic mass is 10.2. The molecule has 2 aromatic heterocycles. The average molecular weight is 363 g/mol. The van der Waals surface area contributed by atoms with Gasteiger partial charge in [-0.2, -0.15) is 0 Å². The molecule has 0 fully saturated rings. The summed E-state index contributed by atoms with van der Waals surface area (Å²) in [5.41, 5.74) is 1.41. The number of H-pyrrole nitrogens is 1. The zero-order valence-electron chi connectivity index (χ0n) is 13.0. The third kappa shape index (κ3) is 3.34. The van der Waals surface area contributed by atoms with Gasteiger partial charge in [0.2, 0.25) is 0 Å². The second kappa shape index (κ2) is 7.15. The lowest BCUT2D eigenvalue weighted by molar-refractivity contribution is 0.0514. The number of halogens is 1. The number of hydrogen-bond donors (Lipinski definition) is 1. The average Bonchev–Trinajstić information content (AvgIpc) is 2.93. The monoisotopic (exact) mass is 362 g/mol. The largest absolute Gasteiger partial charge is 0.461 e. The minimum absolute atomic E-state index is 0.110. The van der Waals surface area contributed by atoms with Gasteiger partial charge in [0.05, 0.1) is 17.9 Å². The lowest BCUT2D eigenvalue weighted by Crippen LogP contribution is -2.11. The van der Waals surface area contributed by atoms with Gasteiger partial charge in [-0.15, -0.1) is 22.9 Å². The molecular formula is C17H15ClN2O3S. The van der Waals surface area contributed by atoms with Gasteiger partial charge in [-0.3, -0.25) is 4.79 Å². The number of carbonyl (C=O) groups excluding carboxylic acids is 1. The van der Waals surface area contributed by atoms with Crippen LogP contribution in [-0.2, 0) is 17.0 Å². The quantitative estimate of drug-likeness (QED) is 0.557. The van der Waals surface area contributed by atoms with Crippen molar-refractivity contribution in [2.24, 2.45) is 0 Å². The molecule has 2 heterocycles. The summed E-state index contributed by atoms with van der Waals surface area (Å²) >= 11 is 6.87. The maximum Gasteiger partial charge on any atom is 0.348 e. The predicted molar refractivity (Wildman–Crippen MR) is 95.0 cm³/mol. The number of aryl methyl sites for hydroxylation is 1. The highest BCUT2D eigenvalue weighted by Crippen LogP contribution is 2.27. The maximum absolute atomic E-state index is 12.3. The fourth-order valence-electron chi connectivity index (χ4n) is 2.42. The first-order chi connectivity index (χ1) is 11.6. The number of nitrogens with zero attached hydrogens (tertiary/aromatic N) is 1. The van der Waals surface area contributed by atoms with Crippen LogP contribution in [0.2, 0.25) is 0 Å². The molecule has 3 rings (SSSR count). The first-order valence-corrected chi connectivity index (χ1v) is 8.74. The minimum atomic E-state index is -0.432. The summed E-state index contributed by atoms with van der Waals surface area (Å²) < 4.78 is 5.34. The highest BCUT2D eigenvalue weighted by Gasteiger charge is 2.20. The van der Waals surface area contributed by atoms with Gasteiger partial charge in [0.25, 0.3) is 5.56 Å². The van der Waals surface area contributed by atoms with Gasteiger partial charge in [-0.25, -0.2) is 9.78 Å². The summed E-state index contributed by atoms with van der Waals surface area (Å²) in [6.07, 6.45) is 0.645. The third-order valence-corrected chi connectivity index (χ3v) is 5.05. The van der Waals surface area contributed by atoms with Crippen molar-refractivity contribution >= 4 is 39.1 Å². The van der Waals surface area contributed by atoms with E-state index in [1.54, 1.807) is 6.92 Å². The molecule has 0 aliphatic heterocycles. The van der Waals surface area contributed by atoms with Crippen molar-refractivity contribution in [2.75, 3.05) is 6.61 Å². The number of fused-ring (bicyclic) bond motifs is 1. The van der Waals surface area contributed by atoms with Crippen molar-refractivity contribution in [3.05, 3.63) is 62.5 Å². The number of aromatic amines is 1. The molecule has 0 aliphatic rings. The second-order valence-corrected chi connectivity index (χ2v) is 6.52. The van der Waals surface area contributed by atoms with E-state index in [0.29, 0.717) is 32.9 Å². The SMILES string of the molecule is Cc1c(C(=O)OCCc2ccccc2)sc2nc(CCl)[nH]c(=O)c12. The molecule has 0 bridgehead atoms. The summed E-state index contributed by atoms with van der Waals surface area (Å²) in [5, 5.41) is 0.420. The van der Waals surface area contributed by atoms with Crippen LogP contribution in [0.25, 0.3) is 10.2 Å². The van der Waals surface area contributed by atoms with Crippen LogP contribution in [-0.4, -0.2) is 22.5 Å². The van der Waals surface area contributed by atoms with E-state index in [9.17, 15) is 9.59 Å². The van der Waals surface area contributed by atoms with E-state index >= 15 is 0 Å². The molecule has 0 unspecified atom stereocenters. The Hall–Kier alpha value is -2.18. The zero-order valence-corrected chi connectivity index (χ0v) is 14.5. The van der Waals surface area contributed by atoms with Gasteiger partial charge in [-0.05, 0) is 18.1 Å². The number of alkyl halides is 1. The van der Waals surface area contributed by atoms with E-state index in [1.165, 1.54) is 0 Å². The summed E-state index contributed by atoms with van der Waals surface area (Å²) in [6.45, 7) is 2.01. The number of ether oxygens (including phenoxy) is 1. The molecule has 0 amide bonds. The molecule has 0 spiro atoms. The van der Waals surface area contributed by atoms with Crippen LogP contribution < -0.4 is 5.56 Å². The third-order valence-electron chi connectivity index (χ3n) is 3.63. The number of esters is 1. The van der Waals surface area contributed by atoms with Crippen LogP contribution >= 0.6 is 22.9 Å². The molecule has 24 heavy (non-hydrogen) atoms. The topological polar surface area (TPSA) is 72.0 Å². The van der Waals surface area contributed by atoms with Crippen LogP contribution in [0.5, 0.6) is 0 Å². The van der Waals surface area contributed by atoms with E-state index in [-0.39, 0.29) is 18.0 Å². The molecule has 124 valence electrons. The highest BCUT2D eigenvalue weighted by molar-refractivity contribution is 7.20. The number of thiophene rings is 1. The molecule has 5 nitrogen and oxygen atoms in total. The van der Waals surface area contributed by atoms with Gasteiger partial charge < -0.3 is 9.72 Å². The Morgan fingerprint density at radius 2 is 2.08 bits per heavy atom. The van der Waals surface area contributed by atoms with E-state index in [0.717, 1.165) is 16.9 Å². The summed E-state index contributed by atoms with van der Waals surface area (Å²) in [5.74, 6) is 0.0663. The fraction of sp³-hybridized carbons (Fsp3) is 0.235. The first kappa shape index (κ1) is 16.7. The van der Waals surface area contributed by atoms with Crippen molar-refractivity contribution < 1.29 is 9.53 Å². The number of benzene rings is 1. The molecule has 1 aromatic carbocycles. The van der Waals surface area contributed by atoms with E-state index in [1.807, 2.05) is 30.3 Å². The smallest absolute Gasteiger partial charge is 0.348 e. The Balaban J connectivity index is 1.78. The molecule has 0 atom stereocenters. The standard InChI is InChI=1S/C17H15ClN2O3S/c1-10-13-15(21)19-12(9-18)20-16(13)24-14(10)17(22)23-8-7-11-5-3-2-4-6-11/h2-6H,7-9H2,1H3,(H,19,20,21). The van der Waals surface area contributed by atoms with Crippen molar-refractivity contribution in [3.63, 3.8) is 0 Å². The van der Waals surface area contributed by atoms with E-state index in [4.69, 9.17) is 16.3 Å². The minimum Gasteiger partial charge on any atom is -0.461 e. The highest BCUT2D eigenvalue weighted by atomic mass is 35.5. The van der Waals surface area contributed by atoms with Gasteiger partial charge in [-0.1, -0.05) is 30.3 Å². The van der Waals surface area contributed by atoms with Crippen LogP contribution in [0.15, 0.2) is 35.1 Å². The Morgan fingerprint density at radius 3 is 2.79 bits per heavy atom. The van der Waals surface area contributed by atoms with Gasteiger partial charge in [0.1, 0.15) is 15.5 Å². The number of rotatable bonds is 5. The van der Waals surface area contributed by atoms with Gasteiger partial charge in [0, 0.05) is 6.42 Å². The Bertz CT molecular complexity index is 934. The molecule has 0 saturated heterocycles. The van der Waals surface area contributed by atoms with Crippen molar-refractivity contribution in [3.8, 4) is 0 Å². The Morgan fingerprint density at radius 1 is 1.33 bits per heavy atom. The van der Waals surface area contributed by atoms with Gasteiger partial charge >= 0.3 is 5.97 Å². The molecule has 3 aromatic rings. The number of hydrogen-bond acceptors (Lipinski definition) is 5. The predicted octanol–water partition coefficient (Wildman–Crippen LogP) is 3.43. The molecule has 0 saturated carbocycles. The summed E-state index contributed by atoms with van der Waals surface area (Å²) in [7, 11) is 0. The zero-order chi connectivity index (χ0) is 17.1. The lowest BCUT2D eigenvalue weighted by Gasteiger charge is -2.04. The second-order valence-electron chi connectivity index (χ2n) is 5.25. The summed E-state index contributed by atoms with van der Waals surface area (Å²) in [4.78, 5) is 32.2. The van der Waals surface area contributed by atoms with Crippen molar-refractivity contribution in [2.45, 2.75) is 19.2 Å². The molecule has 7 heteroatoms. The van der Waals surface area contributed by atoms with Crippen LogP contribution in [0.3, 0.4) is 0 Å². The molecular weight excluding hydrogens is 348 g/mol. The first-order valence-electron chi connectivity index (χ1n) is 7.39. The molecule has 0 aliphatic carbocycles. The van der Waals surface area contributed by atoms with E-state index in [2.05, 4.69) is 9.97 Å². The van der Waals surface area contributed by atoms with Crippen LogP contribution in [0.4, 0.5) is 0 Å². The number of nitrogens with one attached hydrogen (secondary N) is 1. The molecule has 0 radical (unpaired) electrons. The summed E-state index contributed by atoms with van der Waals surface area (Å²) in [6, 6.07) is 9.79. The number of aromatic nitrogens is 2. The van der Waals surface area contributed by atoms with Crippen LogP contribution in [0.1, 0.15) is 26.6 Å². The van der Waals surface area contributed by atoms with Crippen LogP contribution in [0, 0.1) is 6.92 Å². The van der Waals surface area contributed by atoms with Crippen molar-refractivity contribution in [1.82, 2.24) is 9.97 Å². The van der Waals surface area contributed by atoms with Crippen molar-refractivity contribution in [1.29, 1.82) is 0 Å². The normalized spacial score (nSPS) is 10.9. The van der Waals surface area contributed by atoms with E-state index < -0.39 is 5.97 Å². The molecule has 1 N–H and O–H groups in total. The fourth-order valence-corrected chi connectivity index (χ4v) is 3.64. The Labute approximate surface area is 147 Å². The Kier molecular flexibility index (Phi) is 4.97. The maximum atomic E-state index is 12.3. The van der Waals surface area contributed by atoms with Gasteiger partial charge in [0.15, 0.2) is 0 Å².